The van der Waals surface area contributed by atoms with Gasteiger partial charge in [-0.1, -0.05) is 18.2 Å². The first-order valence-corrected chi connectivity index (χ1v) is 6.91. The van der Waals surface area contributed by atoms with Gasteiger partial charge in [-0.25, -0.2) is 5.43 Å². The molecule has 0 heterocycles. The molecule has 0 fully saturated rings. The predicted octanol–water partition coefficient (Wildman–Crippen LogP) is 2.48. The Bertz CT molecular complexity index is 716. The second kappa shape index (κ2) is 7.31. The summed E-state index contributed by atoms with van der Waals surface area (Å²) < 4.78 is 10.1. The summed E-state index contributed by atoms with van der Waals surface area (Å²) in [6.07, 6.45) is 1.45. The Morgan fingerprint density at radius 3 is 2.35 bits per heavy atom. The van der Waals surface area contributed by atoms with E-state index in [1.165, 1.54) is 20.4 Å². The second-order valence-corrected chi connectivity index (χ2v) is 4.79. The van der Waals surface area contributed by atoms with Crippen molar-refractivity contribution >= 4 is 12.1 Å². The van der Waals surface area contributed by atoms with Crippen molar-refractivity contribution in [3.63, 3.8) is 0 Å². The number of nitrogens with zero attached hydrogens (tertiary/aromatic N) is 1. The first-order valence-electron chi connectivity index (χ1n) is 6.91. The van der Waals surface area contributed by atoms with E-state index in [4.69, 9.17) is 9.47 Å². The van der Waals surface area contributed by atoms with Crippen LogP contribution in [0.3, 0.4) is 0 Å². The molecule has 0 atom stereocenters. The SMILES string of the molecule is COc1cc(C=NNC(=O)c2ccccc2C)cc(OC)c1O. The van der Waals surface area contributed by atoms with Crippen LogP contribution in [0.1, 0.15) is 21.5 Å². The van der Waals surface area contributed by atoms with Crippen molar-refractivity contribution in [2.45, 2.75) is 6.92 Å². The number of benzene rings is 2. The van der Waals surface area contributed by atoms with Crippen LogP contribution in [0.15, 0.2) is 41.5 Å². The molecule has 0 aliphatic rings. The first kappa shape index (κ1) is 16.4. The topological polar surface area (TPSA) is 80.2 Å². The number of methoxy groups -OCH3 is 2. The predicted molar refractivity (Wildman–Crippen MR) is 87.5 cm³/mol. The number of nitrogens with one attached hydrogen (secondary N) is 1. The minimum atomic E-state index is -0.294. The molecular weight excluding hydrogens is 296 g/mol. The Morgan fingerprint density at radius 2 is 1.78 bits per heavy atom. The molecule has 2 aromatic carbocycles. The molecule has 0 aromatic heterocycles. The fourth-order valence-corrected chi connectivity index (χ4v) is 2.04. The van der Waals surface area contributed by atoms with E-state index in [-0.39, 0.29) is 23.2 Å². The van der Waals surface area contributed by atoms with Gasteiger partial charge in [0.1, 0.15) is 0 Å². The van der Waals surface area contributed by atoms with Crippen LogP contribution in [0.4, 0.5) is 0 Å². The van der Waals surface area contributed by atoms with Gasteiger partial charge in [-0.15, -0.1) is 0 Å². The molecule has 0 saturated heterocycles. The molecule has 0 saturated carbocycles. The average molecular weight is 314 g/mol. The van der Waals surface area contributed by atoms with Crippen LogP contribution >= 0.6 is 0 Å². The average Bonchev–Trinajstić information content (AvgIpc) is 2.56. The molecule has 0 aliphatic heterocycles. The number of rotatable bonds is 5. The lowest BCUT2D eigenvalue weighted by Crippen LogP contribution is -2.18. The monoisotopic (exact) mass is 314 g/mol. The number of hydrogen-bond donors (Lipinski definition) is 2. The lowest BCUT2D eigenvalue weighted by molar-refractivity contribution is 0.0954. The van der Waals surface area contributed by atoms with Crippen molar-refractivity contribution in [3.05, 3.63) is 53.1 Å². The third-order valence-corrected chi connectivity index (χ3v) is 3.27. The van der Waals surface area contributed by atoms with E-state index >= 15 is 0 Å². The molecule has 0 spiro atoms. The van der Waals surface area contributed by atoms with E-state index < -0.39 is 0 Å². The van der Waals surface area contributed by atoms with Crippen LogP contribution in [-0.4, -0.2) is 31.4 Å². The maximum absolute atomic E-state index is 12.0. The summed E-state index contributed by atoms with van der Waals surface area (Å²) >= 11 is 0. The van der Waals surface area contributed by atoms with Gasteiger partial charge in [-0.3, -0.25) is 4.79 Å². The molecular formula is C17H18N2O4. The normalized spacial score (nSPS) is 10.6. The Balaban J connectivity index is 2.15. The maximum Gasteiger partial charge on any atom is 0.271 e. The highest BCUT2D eigenvalue weighted by atomic mass is 16.5. The van der Waals surface area contributed by atoms with Crippen molar-refractivity contribution in [1.82, 2.24) is 5.43 Å². The van der Waals surface area contributed by atoms with Crippen molar-refractivity contribution in [2.75, 3.05) is 14.2 Å². The van der Waals surface area contributed by atoms with Crippen LogP contribution in [-0.2, 0) is 0 Å². The molecule has 1 amide bonds. The van der Waals surface area contributed by atoms with Gasteiger partial charge < -0.3 is 14.6 Å². The van der Waals surface area contributed by atoms with Gasteiger partial charge in [0.25, 0.3) is 5.91 Å². The first-order chi connectivity index (χ1) is 11.1. The van der Waals surface area contributed by atoms with E-state index in [0.29, 0.717) is 11.1 Å². The zero-order valence-corrected chi connectivity index (χ0v) is 13.2. The smallest absolute Gasteiger partial charge is 0.271 e. The number of aryl methyl sites for hydroxylation is 1. The molecule has 23 heavy (non-hydrogen) atoms. The lowest BCUT2D eigenvalue weighted by Gasteiger charge is -2.09. The van der Waals surface area contributed by atoms with Crippen LogP contribution < -0.4 is 14.9 Å². The van der Waals surface area contributed by atoms with Gasteiger partial charge in [0, 0.05) is 11.1 Å². The number of hydrogen-bond acceptors (Lipinski definition) is 5. The molecule has 2 rings (SSSR count). The van der Waals surface area contributed by atoms with Gasteiger partial charge in [-0.2, -0.15) is 5.10 Å². The van der Waals surface area contributed by atoms with E-state index in [1.807, 2.05) is 19.1 Å². The fourth-order valence-electron chi connectivity index (χ4n) is 2.04. The summed E-state index contributed by atoms with van der Waals surface area (Å²) in [7, 11) is 2.88. The van der Waals surface area contributed by atoms with Crippen molar-refractivity contribution < 1.29 is 19.4 Å². The Labute approximate surface area is 134 Å². The molecule has 2 N–H and O–H groups in total. The van der Waals surface area contributed by atoms with Gasteiger partial charge in [0.05, 0.1) is 20.4 Å². The summed E-state index contributed by atoms with van der Waals surface area (Å²) in [6.45, 7) is 1.86. The quantitative estimate of drug-likeness (QED) is 0.656. The van der Waals surface area contributed by atoms with Gasteiger partial charge in [-0.05, 0) is 30.7 Å². The zero-order valence-electron chi connectivity index (χ0n) is 13.2. The number of carbonyl (C=O) groups is 1. The summed E-state index contributed by atoms with van der Waals surface area (Å²) in [4.78, 5) is 12.0. The molecule has 2 aromatic rings. The van der Waals surface area contributed by atoms with Crippen LogP contribution in [0.5, 0.6) is 17.2 Å². The molecule has 0 unspecified atom stereocenters. The lowest BCUT2D eigenvalue weighted by atomic mass is 10.1. The highest BCUT2D eigenvalue weighted by Gasteiger charge is 2.10. The third-order valence-electron chi connectivity index (χ3n) is 3.27. The van der Waals surface area contributed by atoms with Crippen molar-refractivity contribution in [2.24, 2.45) is 5.10 Å². The number of hydrazone groups is 1. The van der Waals surface area contributed by atoms with Crippen LogP contribution in [0.25, 0.3) is 0 Å². The van der Waals surface area contributed by atoms with E-state index in [9.17, 15) is 9.90 Å². The van der Waals surface area contributed by atoms with Gasteiger partial charge in [0.15, 0.2) is 11.5 Å². The number of amides is 1. The van der Waals surface area contributed by atoms with Crippen molar-refractivity contribution in [3.8, 4) is 17.2 Å². The highest BCUT2D eigenvalue weighted by Crippen LogP contribution is 2.36. The van der Waals surface area contributed by atoms with Crippen molar-refractivity contribution in [1.29, 1.82) is 0 Å². The summed E-state index contributed by atoms with van der Waals surface area (Å²) in [6, 6.07) is 10.4. The molecule has 0 bridgehead atoms. The summed E-state index contributed by atoms with van der Waals surface area (Å²) in [5, 5.41) is 13.8. The van der Waals surface area contributed by atoms with Crippen LogP contribution in [0, 0.1) is 6.92 Å². The molecule has 120 valence electrons. The number of phenolic OH excluding ortho intramolecular Hbond substituents is 1. The molecule has 6 heteroatoms. The Kier molecular flexibility index (Phi) is 5.19. The van der Waals surface area contributed by atoms with E-state index in [1.54, 1.807) is 24.3 Å². The van der Waals surface area contributed by atoms with E-state index in [0.717, 1.165) is 5.56 Å². The Hall–Kier alpha value is -3.02. The number of ether oxygens (including phenoxy) is 2. The third kappa shape index (κ3) is 3.79. The number of phenols is 1. The molecule has 0 aliphatic carbocycles. The standard InChI is InChI=1S/C17H18N2O4/c1-11-6-4-5-7-13(11)17(21)19-18-10-12-8-14(22-2)16(20)15(9-12)23-3/h4-10,20H,1-3H3,(H,19,21). The largest absolute Gasteiger partial charge is 0.502 e. The zero-order chi connectivity index (χ0) is 16.8. The Morgan fingerprint density at radius 1 is 1.17 bits per heavy atom. The minimum Gasteiger partial charge on any atom is -0.502 e. The maximum atomic E-state index is 12.0. The molecule has 6 nitrogen and oxygen atoms in total. The second-order valence-electron chi connectivity index (χ2n) is 4.79. The fraction of sp³-hybridized carbons (Fsp3) is 0.176. The number of carbonyl (C=O) groups excluding carboxylic acids is 1. The van der Waals surface area contributed by atoms with Gasteiger partial charge >= 0.3 is 0 Å². The number of aromatic hydroxyl groups is 1. The van der Waals surface area contributed by atoms with E-state index in [2.05, 4.69) is 10.5 Å². The highest BCUT2D eigenvalue weighted by molar-refractivity contribution is 5.96. The van der Waals surface area contributed by atoms with Gasteiger partial charge in [0.2, 0.25) is 5.75 Å². The molecule has 0 radical (unpaired) electrons. The van der Waals surface area contributed by atoms with Crippen LogP contribution in [0.2, 0.25) is 0 Å². The summed E-state index contributed by atoms with van der Waals surface area (Å²) in [5.41, 5.74) is 4.51. The summed E-state index contributed by atoms with van der Waals surface area (Å²) in [5.74, 6) is 0.139. The minimum absolute atomic E-state index is 0.0869.